The molecule has 0 aromatic heterocycles. The third-order valence-corrected chi connectivity index (χ3v) is 3.25. The van der Waals surface area contributed by atoms with E-state index in [1.54, 1.807) is 0 Å². The summed E-state index contributed by atoms with van der Waals surface area (Å²) in [5, 5.41) is 3.33. The molecule has 0 spiro atoms. The fourth-order valence-electron chi connectivity index (χ4n) is 2.52. The van der Waals surface area contributed by atoms with E-state index in [1.807, 2.05) is 18.9 Å². The lowest BCUT2D eigenvalue weighted by Gasteiger charge is -2.32. The van der Waals surface area contributed by atoms with E-state index in [0.29, 0.717) is 0 Å². The van der Waals surface area contributed by atoms with Crippen molar-refractivity contribution >= 4 is 5.91 Å². The van der Waals surface area contributed by atoms with Crippen LogP contribution in [-0.4, -0.2) is 62.0 Å². The normalized spacial score (nSPS) is 19.6. The molecule has 0 aromatic rings. The third kappa shape index (κ3) is 5.36. The summed E-state index contributed by atoms with van der Waals surface area (Å²) in [6, 6.07) is 0. The predicted molar refractivity (Wildman–Crippen MR) is 75.6 cm³/mol. The minimum absolute atomic E-state index is 0.0930. The van der Waals surface area contributed by atoms with Gasteiger partial charge in [0, 0.05) is 52.2 Å². The van der Waals surface area contributed by atoms with Gasteiger partial charge in [0.25, 0.3) is 0 Å². The van der Waals surface area contributed by atoms with Crippen LogP contribution in [0.5, 0.6) is 0 Å². The van der Waals surface area contributed by atoms with Crippen LogP contribution in [0, 0.1) is 11.3 Å². The molecule has 0 aliphatic carbocycles. The van der Waals surface area contributed by atoms with Gasteiger partial charge in [0.15, 0.2) is 0 Å². The minimum atomic E-state index is 0.0930. The van der Waals surface area contributed by atoms with E-state index in [9.17, 15) is 4.79 Å². The van der Waals surface area contributed by atoms with Crippen molar-refractivity contribution < 1.29 is 4.79 Å². The third-order valence-electron chi connectivity index (χ3n) is 3.25. The molecular weight excluding hydrogens is 226 g/mol. The van der Waals surface area contributed by atoms with Gasteiger partial charge in [-0.15, -0.1) is 0 Å². The fourth-order valence-corrected chi connectivity index (χ4v) is 2.52. The highest BCUT2D eigenvalue weighted by Crippen LogP contribution is 2.16. The van der Waals surface area contributed by atoms with Crippen LogP contribution in [-0.2, 0) is 4.79 Å². The van der Waals surface area contributed by atoms with Crippen LogP contribution in [0.2, 0.25) is 0 Å². The summed E-state index contributed by atoms with van der Waals surface area (Å²) in [5.74, 6) is 0.360. The number of carbonyl (C=O) groups is 1. The Morgan fingerprint density at radius 2 is 1.89 bits per heavy atom. The first-order valence-electron chi connectivity index (χ1n) is 6.97. The van der Waals surface area contributed by atoms with Gasteiger partial charge in [-0.1, -0.05) is 27.7 Å². The zero-order valence-electron chi connectivity index (χ0n) is 12.6. The van der Waals surface area contributed by atoms with Crippen LogP contribution in [0.1, 0.15) is 27.7 Å². The quantitative estimate of drug-likeness (QED) is 0.815. The molecule has 1 aliphatic heterocycles. The van der Waals surface area contributed by atoms with Gasteiger partial charge in [-0.3, -0.25) is 4.79 Å². The molecular formula is C14H29N3O. The average Bonchev–Trinajstić information content (AvgIpc) is 2.27. The maximum Gasteiger partial charge on any atom is 0.226 e. The Bertz CT molecular complexity index is 267. The van der Waals surface area contributed by atoms with E-state index in [1.165, 1.54) is 0 Å². The summed E-state index contributed by atoms with van der Waals surface area (Å²) >= 11 is 0. The second-order valence-corrected chi connectivity index (χ2v) is 6.71. The van der Waals surface area contributed by atoms with Crippen molar-refractivity contribution in [1.29, 1.82) is 0 Å². The van der Waals surface area contributed by atoms with Crippen LogP contribution in [0.3, 0.4) is 0 Å². The number of carbonyl (C=O) groups excluding carboxylic acids is 1. The number of amides is 1. The zero-order chi connectivity index (χ0) is 13.8. The van der Waals surface area contributed by atoms with Crippen LogP contribution in [0.4, 0.5) is 0 Å². The summed E-state index contributed by atoms with van der Waals surface area (Å²) in [6.07, 6.45) is 0. The van der Waals surface area contributed by atoms with Crippen molar-refractivity contribution in [3.05, 3.63) is 0 Å². The topological polar surface area (TPSA) is 35.6 Å². The largest absolute Gasteiger partial charge is 0.345 e. The van der Waals surface area contributed by atoms with Gasteiger partial charge in [0.05, 0.1) is 0 Å². The maximum atomic E-state index is 12.3. The number of nitrogens with zero attached hydrogens (tertiary/aromatic N) is 2. The van der Waals surface area contributed by atoms with Gasteiger partial charge in [0.2, 0.25) is 5.91 Å². The Labute approximate surface area is 112 Å². The SMILES string of the molecule is CC(CN1CCNCC1)C(=O)N(C)CC(C)(C)C. The Kier molecular flexibility index (Phi) is 5.60. The van der Waals surface area contributed by atoms with Crippen molar-refractivity contribution in [3.63, 3.8) is 0 Å². The molecule has 0 saturated carbocycles. The van der Waals surface area contributed by atoms with Crippen molar-refractivity contribution in [2.45, 2.75) is 27.7 Å². The van der Waals surface area contributed by atoms with E-state index in [-0.39, 0.29) is 17.2 Å². The minimum Gasteiger partial charge on any atom is -0.345 e. The highest BCUT2D eigenvalue weighted by molar-refractivity contribution is 5.78. The molecule has 106 valence electrons. The molecule has 1 aliphatic rings. The van der Waals surface area contributed by atoms with Crippen molar-refractivity contribution in [1.82, 2.24) is 15.1 Å². The summed E-state index contributed by atoms with van der Waals surface area (Å²) in [7, 11) is 1.92. The standard InChI is InChI=1S/C14H29N3O/c1-12(10-17-8-6-15-7-9-17)13(18)16(5)11-14(2,3)4/h12,15H,6-11H2,1-5H3. The first-order chi connectivity index (χ1) is 8.29. The monoisotopic (exact) mass is 255 g/mol. The highest BCUT2D eigenvalue weighted by atomic mass is 16.2. The van der Waals surface area contributed by atoms with Crippen LogP contribution >= 0.6 is 0 Å². The predicted octanol–water partition coefficient (Wildman–Crippen LogP) is 1.03. The lowest BCUT2D eigenvalue weighted by atomic mass is 9.95. The molecule has 1 atom stereocenters. The Balaban J connectivity index is 2.39. The molecule has 0 aromatic carbocycles. The lowest BCUT2D eigenvalue weighted by Crippen LogP contribution is -2.47. The van der Waals surface area contributed by atoms with Gasteiger partial charge >= 0.3 is 0 Å². The average molecular weight is 255 g/mol. The molecule has 0 radical (unpaired) electrons. The van der Waals surface area contributed by atoms with Crippen LogP contribution in [0.25, 0.3) is 0 Å². The van der Waals surface area contributed by atoms with E-state index < -0.39 is 0 Å². The van der Waals surface area contributed by atoms with Gasteiger partial charge in [0.1, 0.15) is 0 Å². The maximum absolute atomic E-state index is 12.3. The second kappa shape index (κ2) is 6.53. The molecule has 1 fully saturated rings. The van der Waals surface area contributed by atoms with Gasteiger partial charge < -0.3 is 15.1 Å². The van der Waals surface area contributed by atoms with Crippen molar-refractivity contribution in [3.8, 4) is 0 Å². The molecule has 18 heavy (non-hydrogen) atoms. The first-order valence-corrected chi connectivity index (χ1v) is 6.97. The second-order valence-electron chi connectivity index (χ2n) is 6.71. The van der Waals surface area contributed by atoms with E-state index >= 15 is 0 Å². The Hall–Kier alpha value is -0.610. The number of piperazine rings is 1. The molecule has 4 heteroatoms. The fraction of sp³-hybridized carbons (Fsp3) is 0.929. The van der Waals surface area contributed by atoms with Gasteiger partial charge in [-0.2, -0.15) is 0 Å². The Morgan fingerprint density at radius 3 is 2.39 bits per heavy atom. The first kappa shape index (κ1) is 15.4. The van der Waals surface area contributed by atoms with Crippen LogP contribution < -0.4 is 5.32 Å². The summed E-state index contributed by atoms with van der Waals surface area (Å²) in [6.45, 7) is 14.4. The molecule has 1 amide bonds. The summed E-state index contributed by atoms with van der Waals surface area (Å²) in [5.41, 5.74) is 0.166. The van der Waals surface area contributed by atoms with E-state index in [2.05, 4.69) is 31.0 Å². The zero-order valence-corrected chi connectivity index (χ0v) is 12.6. The molecule has 1 heterocycles. The van der Waals surface area contributed by atoms with Gasteiger partial charge in [-0.05, 0) is 5.41 Å². The molecule has 0 bridgehead atoms. The molecule has 1 N–H and O–H groups in total. The van der Waals surface area contributed by atoms with E-state index in [0.717, 1.165) is 39.3 Å². The van der Waals surface area contributed by atoms with E-state index in [4.69, 9.17) is 0 Å². The van der Waals surface area contributed by atoms with Crippen molar-refractivity contribution in [2.24, 2.45) is 11.3 Å². The van der Waals surface area contributed by atoms with Gasteiger partial charge in [-0.25, -0.2) is 0 Å². The lowest BCUT2D eigenvalue weighted by molar-refractivity contribution is -0.135. The number of rotatable bonds is 4. The molecule has 4 nitrogen and oxygen atoms in total. The molecule has 1 rings (SSSR count). The smallest absolute Gasteiger partial charge is 0.226 e. The number of nitrogens with one attached hydrogen (secondary N) is 1. The molecule has 1 saturated heterocycles. The summed E-state index contributed by atoms with van der Waals surface area (Å²) < 4.78 is 0. The van der Waals surface area contributed by atoms with Crippen LogP contribution in [0.15, 0.2) is 0 Å². The van der Waals surface area contributed by atoms with Crippen molar-refractivity contribution in [2.75, 3.05) is 46.3 Å². The number of hydrogen-bond acceptors (Lipinski definition) is 3. The number of hydrogen-bond donors (Lipinski definition) is 1. The Morgan fingerprint density at radius 1 is 1.33 bits per heavy atom. The summed E-state index contributed by atoms with van der Waals surface area (Å²) in [4.78, 5) is 16.5. The molecule has 1 unspecified atom stereocenters. The highest BCUT2D eigenvalue weighted by Gasteiger charge is 2.24.